The number of anilines is 1. The van der Waals surface area contributed by atoms with E-state index in [1.165, 1.54) is 0 Å². The summed E-state index contributed by atoms with van der Waals surface area (Å²) in [6.45, 7) is 5.44. The largest absolute Gasteiger partial charge is 0.377 e. The maximum atomic E-state index is 6.22. The van der Waals surface area contributed by atoms with Gasteiger partial charge in [0.25, 0.3) is 0 Å². The number of aryl methyl sites for hydroxylation is 3. The van der Waals surface area contributed by atoms with E-state index in [1.807, 2.05) is 24.9 Å². The Morgan fingerprint density at radius 2 is 2.24 bits per heavy atom. The minimum Gasteiger partial charge on any atom is -0.377 e. The standard InChI is InChI=1S/C11H16ClN5/c1-4-17-10(11(12)8(2)15-17)6-13-9-5-14-16(3)7-9/h5,7,13H,4,6H2,1-3H3. The fourth-order valence-electron chi connectivity index (χ4n) is 1.74. The molecule has 5 nitrogen and oxygen atoms in total. The smallest absolute Gasteiger partial charge is 0.0865 e. The van der Waals surface area contributed by atoms with Gasteiger partial charge in [0, 0.05) is 19.8 Å². The van der Waals surface area contributed by atoms with Gasteiger partial charge in [0.2, 0.25) is 0 Å². The van der Waals surface area contributed by atoms with E-state index in [0.29, 0.717) is 6.54 Å². The Morgan fingerprint density at radius 3 is 2.82 bits per heavy atom. The van der Waals surface area contributed by atoms with Crippen molar-refractivity contribution in [3.8, 4) is 0 Å². The van der Waals surface area contributed by atoms with Gasteiger partial charge in [-0.3, -0.25) is 9.36 Å². The molecule has 0 unspecified atom stereocenters. The highest BCUT2D eigenvalue weighted by Gasteiger charge is 2.12. The Balaban J connectivity index is 2.13. The van der Waals surface area contributed by atoms with Crippen molar-refractivity contribution in [3.05, 3.63) is 28.8 Å². The van der Waals surface area contributed by atoms with Crippen molar-refractivity contribution in [1.82, 2.24) is 19.6 Å². The predicted octanol–water partition coefficient (Wildman–Crippen LogP) is 2.21. The lowest BCUT2D eigenvalue weighted by Gasteiger charge is -2.06. The molecule has 0 saturated heterocycles. The fraction of sp³-hybridized carbons (Fsp3) is 0.455. The van der Waals surface area contributed by atoms with Gasteiger partial charge in [0.05, 0.1) is 34.8 Å². The van der Waals surface area contributed by atoms with Crippen LogP contribution in [0.1, 0.15) is 18.3 Å². The van der Waals surface area contributed by atoms with Crippen LogP contribution in [0.5, 0.6) is 0 Å². The summed E-state index contributed by atoms with van der Waals surface area (Å²) in [6.07, 6.45) is 3.71. The second-order valence-corrected chi connectivity index (χ2v) is 4.30. The van der Waals surface area contributed by atoms with Crippen LogP contribution in [0.4, 0.5) is 5.69 Å². The molecular formula is C11H16ClN5. The molecule has 2 aromatic heterocycles. The first-order valence-corrected chi connectivity index (χ1v) is 5.94. The van der Waals surface area contributed by atoms with Gasteiger partial charge in [-0.15, -0.1) is 0 Å². The molecule has 0 aliphatic carbocycles. The molecule has 0 fully saturated rings. The highest BCUT2D eigenvalue weighted by atomic mass is 35.5. The van der Waals surface area contributed by atoms with E-state index in [0.717, 1.165) is 28.6 Å². The molecule has 0 aromatic carbocycles. The summed E-state index contributed by atoms with van der Waals surface area (Å²) in [5, 5.41) is 12.5. The molecule has 92 valence electrons. The molecule has 2 rings (SSSR count). The molecule has 0 amide bonds. The van der Waals surface area contributed by atoms with Gasteiger partial charge in [-0.25, -0.2) is 0 Å². The zero-order valence-corrected chi connectivity index (χ0v) is 11.0. The van der Waals surface area contributed by atoms with Crippen molar-refractivity contribution in [1.29, 1.82) is 0 Å². The summed E-state index contributed by atoms with van der Waals surface area (Å²) in [5.41, 5.74) is 2.86. The zero-order valence-electron chi connectivity index (χ0n) is 10.2. The van der Waals surface area contributed by atoms with Crippen LogP contribution in [-0.2, 0) is 20.1 Å². The minimum absolute atomic E-state index is 0.652. The number of rotatable bonds is 4. The van der Waals surface area contributed by atoms with Gasteiger partial charge >= 0.3 is 0 Å². The van der Waals surface area contributed by atoms with Crippen LogP contribution in [0.15, 0.2) is 12.4 Å². The second kappa shape index (κ2) is 4.79. The van der Waals surface area contributed by atoms with E-state index >= 15 is 0 Å². The molecule has 0 aliphatic rings. The van der Waals surface area contributed by atoms with Crippen LogP contribution in [0, 0.1) is 6.92 Å². The maximum absolute atomic E-state index is 6.22. The summed E-state index contributed by atoms with van der Waals surface area (Å²) in [7, 11) is 1.89. The SMILES string of the molecule is CCn1nc(C)c(Cl)c1CNc1cnn(C)c1. The fourth-order valence-corrected chi connectivity index (χ4v) is 1.94. The monoisotopic (exact) mass is 253 g/mol. The third kappa shape index (κ3) is 2.44. The van der Waals surface area contributed by atoms with Crippen molar-refractivity contribution in [2.24, 2.45) is 7.05 Å². The van der Waals surface area contributed by atoms with Crippen molar-refractivity contribution >= 4 is 17.3 Å². The Bertz CT molecular complexity index is 514. The topological polar surface area (TPSA) is 47.7 Å². The first kappa shape index (κ1) is 12.0. The zero-order chi connectivity index (χ0) is 12.4. The number of hydrogen-bond acceptors (Lipinski definition) is 3. The molecule has 0 spiro atoms. The molecule has 0 atom stereocenters. The summed E-state index contributed by atoms with van der Waals surface area (Å²) < 4.78 is 3.67. The molecule has 0 bridgehead atoms. The molecule has 0 saturated carbocycles. The van der Waals surface area contributed by atoms with Gasteiger partial charge in [0.15, 0.2) is 0 Å². The third-order valence-corrected chi connectivity index (χ3v) is 3.11. The Kier molecular flexibility index (Phi) is 3.38. The van der Waals surface area contributed by atoms with E-state index in [1.54, 1.807) is 10.9 Å². The lowest BCUT2D eigenvalue weighted by atomic mass is 10.3. The van der Waals surface area contributed by atoms with Crippen LogP contribution in [0.3, 0.4) is 0 Å². The molecule has 6 heteroatoms. The molecule has 2 aromatic rings. The normalized spacial score (nSPS) is 10.8. The van der Waals surface area contributed by atoms with Gasteiger partial charge in [-0.1, -0.05) is 11.6 Å². The average molecular weight is 254 g/mol. The Labute approximate surface area is 105 Å². The Morgan fingerprint density at radius 1 is 1.47 bits per heavy atom. The van der Waals surface area contributed by atoms with Gasteiger partial charge in [-0.05, 0) is 13.8 Å². The van der Waals surface area contributed by atoms with E-state index in [9.17, 15) is 0 Å². The number of nitrogens with one attached hydrogen (secondary N) is 1. The number of hydrogen-bond donors (Lipinski definition) is 1. The quantitative estimate of drug-likeness (QED) is 0.909. The van der Waals surface area contributed by atoms with E-state index in [4.69, 9.17) is 11.6 Å². The first-order chi connectivity index (χ1) is 8.11. The van der Waals surface area contributed by atoms with Crippen LogP contribution >= 0.6 is 11.6 Å². The van der Waals surface area contributed by atoms with Gasteiger partial charge in [-0.2, -0.15) is 10.2 Å². The number of aromatic nitrogens is 4. The van der Waals surface area contributed by atoms with Crippen LogP contribution in [-0.4, -0.2) is 19.6 Å². The summed E-state index contributed by atoms with van der Waals surface area (Å²) in [5.74, 6) is 0. The maximum Gasteiger partial charge on any atom is 0.0865 e. The summed E-state index contributed by atoms with van der Waals surface area (Å²) >= 11 is 6.22. The van der Waals surface area contributed by atoms with Gasteiger partial charge < -0.3 is 5.32 Å². The van der Waals surface area contributed by atoms with E-state index in [2.05, 4.69) is 22.4 Å². The van der Waals surface area contributed by atoms with E-state index in [-0.39, 0.29) is 0 Å². The lowest BCUT2D eigenvalue weighted by Crippen LogP contribution is -2.08. The van der Waals surface area contributed by atoms with Crippen molar-refractivity contribution < 1.29 is 0 Å². The lowest BCUT2D eigenvalue weighted by molar-refractivity contribution is 0.623. The van der Waals surface area contributed by atoms with Crippen molar-refractivity contribution in [2.45, 2.75) is 26.9 Å². The third-order valence-electron chi connectivity index (χ3n) is 2.62. The molecule has 1 N–H and O–H groups in total. The number of halogens is 1. The van der Waals surface area contributed by atoms with Crippen LogP contribution < -0.4 is 5.32 Å². The highest BCUT2D eigenvalue weighted by Crippen LogP contribution is 2.21. The van der Waals surface area contributed by atoms with Crippen LogP contribution in [0.25, 0.3) is 0 Å². The average Bonchev–Trinajstić information content (AvgIpc) is 2.83. The molecule has 2 heterocycles. The van der Waals surface area contributed by atoms with Crippen molar-refractivity contribution in [2.75, 3.05) is 5.32 Å². The highest BCUT2D eigenvalue weighted by molar-refractivity contribution is 6.31. The molecule has 0 aliphatic heterocycles. The Hall–Kier alpha value is -1.49. The van der Waals surface area contributed by atoms with Crippen LogP contribution in [0.2, 0.25) is 5.02 Å². The molecule has 0 radical (unpaired) electrons. The molecule has 17 heavy (non-hydrogen) atoms. The summed E-state index contributed by atoms with van der Waals surface area (Å²) in [4.78, 5) is 0. The first-order valence-electron chi connectivity index (χ1n) is 5.56. The number of nitrogens with zero attached hydrogens (tertiary/aromatic N) is 4. The minimum atomic E-state index is 0.652. The second-order valence-electron chi connectivity index (χ2n) is 3.92. The predicted molar refractivity (Wildman–Crippen MR) is 68.2 cm³/mol. The van der Waals surface area contributed by atoms with E-state index < -0.39 is 0 Å². The van der Waals surface area contributed by atoms with Gasteiger partial charge in [0.1, 0.15) is 0 Å². The summed E-state index contributed by atoms with van der Waals surface area (Å²) in [6, 6.07) is 0. The molecular weight excluding hydrogens is 238 g/mol. The van der Waals surface area contributed by atoms with Crippen molar-refractivity contribution in [3.63, 3.8) is 0 Å².